The van der Waals surface area contributed by atoms with Gasteiger partial charge in [-0.3, -0.25) is 5.41 Å². The summed E-state index contributed by atoms with van der Waals surface area (Å²) in [5.41, 5.74) is 7.47. The number of likely N-dealkylation sites (N-methyl/N-ethyl adjacent to an activating group) is 1. The van der Waals surface area contributed by atoms with Gasteiger partial charge in [-0.1, -0.05) is 0 Å². The normalized spacial score (nSPS) is 17.6. The number of halogens is 1. The first-order valence-electron chi connectivity index (χ1n) is 6.15. The molecule has 0 aliphatic carbocycles. The fourth-order valence-electron chi connectivity index (χ4n) is 2.22. The number of nitrogens with zero attached hydrogens (tertiary/aromatic N) is 2. The Morgan fingerprint density at radius 1 is 1.28 bits per heavy atom. The molecule has 0 aromatic heterocycles. The summed E-state index contributed by atoms with van der Waals surface area (Å²) in [5, 5.41) is 7.48. The van der Waals surface area contributed by atoms with Gasteiger partial charge in [-0.2, -0.15) is 0 Å². The van der Waals surface area contributed by atoms with Crippen molar-refractivity contribution in [1.29, 1.82) is 5.41 Å². The largest absolute Gasteiger partial charge is 0.384 e. The molecule has 0 amide bonds. The molecule has 0 radical (unpaired) electrons. The molecule has 0 bridgehead atoms. The number of nitrogens with one attached hydrogen (secondary N) is 1. The quantitative estimate of drug-likeness (QED) is 0.648. The summed E-state index contributed by atoms with van der Waals surface area (Å²) in [4.78, 5) is 4.75. The fraction of sp³-hybridized carbons (Fsp3) is 0.462. The van der Waals surface area contributed by atoms with Gasteiger partial charge in [0.25, 0.3) is 0 Å². The van der Waals surface area contributed by atoms with Crippen LogP contribution in [0.1, 0.15) is 12.0 Å². The van der Waals surface area contributed by atoms with E-state index in [-0.39, 0.29) is 5.84 Å². The van der Waals surface area contributed by atoms with Crippen molar-refractivity contribution < 1.29 is 0 Å². The Morgan fingerprint density at radius 2 is 2.06 bits per heavy atom. The Labute approximate surface area is 116 Å². The second kappa shape index (κ2) is 5.71. The molecule has 0 saturated carbocycles. The summed E-state index contributed by atoms with van der Waals surface area (Å²) in [6, 6.07) is 6.02. The van der Waals surface area contributed by atoms with Crippen LogP contribution in [0.5, 0.6) is 0 Å². The maximum Gasteiger partial charge on any atom is 0.123 e. The highest BCUT2D eigenvalue weighted by molar-refractivity contribution is 9.10. The Morgan fingerprint density at radius 3 is 2.72 bits per heavy atom. The van der Waals surface area contributed by atoms with Crippen molar-refractivity contribution in [2.45, 2.75) is 6.42 Å². The predicted octanol–water partition coefficient (Wildman–Crippen LogP) is 1.88. The lowest BCUT2D eigenvalue weighted by atomic mass is 10.1. The molecule has 1 saturated heterocycles. The topological polar surface area (TPSA) is 56.4 Å². The fourth-order valence-corrected chi connectivity index (χ4v) is 2.80. The second-order valence-corrected chi connectivity index (χ2v) is 5.58. The van der Waals surface area contributed by atoms with Crippen molar-refractivity contribution in [2.24, 2.45) is 5.73 Å². The van der Waals surface area contributed by atoms with E-state index in [2.05, 4.69) is 38.8 Å². The third-order valence-corrected chi connectivity index (χ3v) is 3.98. The Kier molecular flexibility index (Phi) is 4.24. The molecular weight excluding hydrogens is 292 g/mol. The van der Waals surface area contributed by atoms with Gasteiger partial charge < -0.3 is 15.5 Å². The minimum absolute atomic E-state index is 0.101. The molecule has 4 nitrogen and oxygen atoms in total. The number of anilines is 1. The van der Waals surface area contributed by atoms with Gasteiger partial charge in [-0.15, -0.1) is 0 Å². The van der Waals surface area contributed by atoms with Crippen LogP contribution in [0.15, 0.2) is 22.7 Å². The average molecular weight is 311 g/mol. The van der Waals surface area contributed by atoms with Gasteiger partial charge in [0, 0.05) is 35.4 Å². The standard InChI is InChI=1S/C13H19BrN4/c1-17-5-2-6-18(8-7-17)10-3-4-11(13(15)16)12(14)9-10/h3-4,9H,2,5-8H2,1H3,(H3,15,16). The van der Waals surface area contributed by atoms with E-state index in [1.54, 1.807) is 0 Å². The highest BCUT2D eigenvalue weighted by Gasteiger charge is 2.14. The monoisotopic (exact) mass is 310 g/mol. The molecule has 1 aliphatic heterocycles. The first-order chi connectivity index (χ1) is 8.58. The van der Waals surface area contributed by atoms with E-state index in [1.165, 1.54) is 12.1 Å². The summed E-state index contributed by atoms with van der Waals surface area (Å²) in [6.07, 6.45) is 1.18. The number of rotatable bonds is 2. The molecule has 1 fully saturated rings. The molecular formula is C13H19BrN4. The molecule has 0 spiro atoms. The van der Waals surface area contributed by atoms with Crippen molar-refractivity contribution in [3.05, 3.63) is 28.2 Å². The van der Waals surface area contributed by atoms with Crippen molar-refractivity contribution in [2.75, 3.05) is 38.1 Å². The van der Waals surface area contributed by atoms with Crippen molar-refractivity contribution in [3.8, 4) is 0 Å². The smallest absolute Gasteiger partial charge is 0.123 e. The van der Waals surface area contributed by atoms with Gasteiger partial charge in [0.05, 0.1) is 0 Å². The molecule has 1 heterocycles. The summed E-state index contributed by atoms with van der Waals surface area (Å²) in [7, 11) is 2.16. The molecule has 5 heteroatoms. The second-order valence-electron chi connectivity index (χ2n) is 4.72. The van der Waals surface area contributed by atoms with Crippen LogP contribution in [-0.4, -0.2) is 44.0 Å². The van der Waals surface area contributed by atoms with E-state index in [4.69, 9.17) is 11.1 Å². The summed E-state index contributed by atoms with van der Waals surface area (Å²) in [5.74, 6) is 0.101. The van der Waals surface area contributed by atoms with Gasteiger partial charge in [0.1, 0.15) is 5.84 Å². The van der Waals surface area contributed by atoms with E-state index in [9.17, 15) is 0 Å². The maximum absolute atomic E-state index is 7.48. The molecule has 1 aliphatic rings. The molecule has 3 N–H and O–H groups in total. The molecule has 18 heavy (non-hydrogen) atoms. The minimum Gasteiger partial charge on any atom is -0.384 e. The highest BCUT2D eigenvalue weighted by atomic mass is 79.9. The first kappa shape index (κ1) is 13.4. The minimum atomic E-state index is 0.101. The maximum atomic E-state index is 7.48. The molecule has 98 valence electrons. The number of nitrogen functional groups attached to an aromatic ring is 1. The third kappa shape index (κ3) is 3.03. The number of hydrogen-bond donors (Lipinski definition) is 2. The number of nitrogens with two attached hydrogens (primary N) is 1. The number of hydrogen-bond acceptors (Lipinski definition) is 3. The lowest BCUT2D eigenvalue weighted by Crippen LogP contribution is -2.28. The molecule has 1 aromatic rings. The highest BCUT2D eigenvalue weighted by Crippen LogP contribution is 2.24. The zero-order valence-electron chi connectivity index (χ0n) is 10.6. The van der Waals surface area contributed by atoms with Gasteiger partial charge in [-0.05, 0) is 54.1 Å². The zero-order valence-corrected chi connectivity index (χ0v) is 12.2. The van der Waals surface area contributed by atoms with E-state index in [0.29, 0.717) is 0 Å². The van der Waals surface area contributed by atoms with Crippen LogP contribution in [-0.2, 0) is 0 Å². The van der Waals surface area contributed by atoms with Crippen LogP contribution in [0.4, 0.5) is 5.69 Å². The lowest BCUT2D eigenvalue weighted by molar-refractivity contribution is 0.360. The molecule has 0 unspecified atom stereocenters. The first-order valence-corrected chi connectivity index (χ1v) is 6.94. The predicted molar refractivity (Wildman–Crippen MR) is 79.5 cm³/mol. The van der Waals surface area contributed by atoms with Gasteiger partial charge in [-0.25, -0.2) is 0 Å². The van der Waals surface area contributed by atoms with E-state index >= 15 is 0 Å². The Hall–Kier alpha value is -1.07. The van der Waals surface area contributed by atoms with Crippen molar-refractivity contribution >= 4 is 27.5 Å². The Balaban J connectivity index is 2.18. The van der Waals surface area contributed by atoms with Crippen LogP contribution in [0.2, 0.25) is 0 Å². The van der Waals surface area contributed by atoms with Gasteiger partial charge >= 0.3 is 0 Å². The average Bonchev–Trinajstić information content (AvgIpc) is 2.53. The van der Waals surface area contributed by atoms with Crippen LogP contribution < -0.4 is 10.6 Å². The molecule has 2 rings (SSSR count). The van der Waals surface area contributed by atoms with Crippen molar-refractivity contribution in [3.63, 3.8) is 0 Å². The van der Waals surface area contributed by atoms with E-state index in [1.807, 2.05) is 12.1 Å². The zero-order chi connectivity index (χ0) is 13.1. The number of benzene rings is 1. The van der Waals surface area contributed by atoms with Crippen LogP contribution in [0.25, 0.3) is 0 Å². The third-order valence-electron chi connectivity index (χ3n) is 3.33. The number of amidine groups is 1. The van der Waals surface area contributed by atoms with Crippen LogP contribution in [0.3, 0.4) is 0 Å². The van der Waals surface area contributed by atoms with Crippen molar-refractivity contribution in [1.82, 2.24) is 4.90 Å². The van der Waals surface area contributed by atoms with Crippen LogP contribution in [0, 0.1) is 5.41 Å². The summed E-state index contributed by atoms with van der Waals surface area (Å²) in [6.45, 7) is 4.37. The SMILES string of the molecule is CN1CCCN(c2ccc(C(=N)N)c(Br)c2)CC1. The van der Waals surface area contributed by atoms with Gasteiger partial charge in [0.15, 0.2) is 0 Å². The molecule has 0 atom stereocenters. The van der Waals surface area contributed by atoms with E-state index in [0.717, 1.165) is 36.2 Å². The summed E-state index contributed by atoms with van der Waals surface area (Å²) >= 11 is 3.49. The lowest BCUT2D eigenvalue weighted by Gasteiger charge is -2.23. The van der Waals surface area contributed by atoms with Gasteiger partial charge in [0.2, 0.25) is 0 Å². The Bertz CT molecular complexity index is 447. The summed E-state index contributed by atoms with van der Waals surface area (Å²) < 4.78 is 0.894. The van der Waals surface area contributed by atoms with E-state index < -0.39 is 0 Å². The van der Waals surface area contributed by atoms with Crippen LogP contribution >= 0.6 is 15.9 Å². The molecule has 1 aromatic carbocycles.